The number of H-pyrrole nitrogens is 1. The van der Waals surface area contributed by atoms with Gasteiger partial charge in [-0.1, -0.05) is 42.5 Å². The number of hydrogen-bond donors (Lipinski definition) is 4. The largest absolute Gasteiger partial charge is 0.477 e. The predicted molar refractivity (Wildman–Crippen MR) is 130 cm³/mol. The molecule has 3 amide bonds. The predicted octanol–water partition coefficient (Wildman–Crippen LogP) is 2.00. The number of pyridine rings is 1. The third-order valence-electron chi connectivity index (χ3n) is 5.20. The monoisotopic (exact) mass is 492 g/mol. The van der Waals surface area contributed by atoms with Gasteiger partial charge in [-0.2, -0.15) is 0 Å². The lowest BCUT2D eigenvalue weighted by Crippen LogP contribution is -2.47. The van der Waals surface area contributed by atoms with E-state index in [-0.39, 0.29) is 25.1 Å². The van der Waals surface area contributed by atoms with Gasteiger partial charge < -0.3 is 26.3 Å². The first kappa shape index (κ1) is 25.8. The molecule has 36 heavy (non-hydrogen) atoms. The second-order valence-electron chi connectivity index (χ2n) is 7.79. The number of carbonyl (C=O) groups excluding carboxylic acids is 3. The molecule has 6 N–H and O–H groups in total. The maximum Gasteiger partial charge on any atom is 0.421 e. The Labute approximate surface area is 205 Å². The van der Waals surface area contributed by atoms with Crippen molar-refractivity contribution >= 4 is 29.6 Å². The number of ether oxygens (including phenoxy) is 1. The molecule has 1 aromatic heterocycles. The Morgan fingerprint density at radius 2 is 1.64 bits per heavy atom. The number of aromatic amines is 1. The van der Waals surface area contributed by atoms with E-state index in [1.54, 1.807) is 24.3 Å². The molecule has 0 fully saturated rings. The first-order chi connectivity index (χ1) is 17.2. The maximum atomic E-state index is 13.1. The number of amides is 3. The van der Waals surface area contributed by atoms with Crippen molar-refractivity contribution < 1.29 is 29.0 Å². The van der Waals surface area contributed by atoms with Gasteiger partial charge in [-0.25, -0.2) is 14.5 Å². The van der Waals surface area contributed by atoms with E-state index in [9.17, 15) is 24.0 Å². The van der Waals surface area contributed by atoms with Crippen molar-refractivity contribution in [1.29, 1.82) is 0 Å². The van der Waals surface area contributed by atoms with Crippen molar-refractivity contribution in [2.24, 2.45) is 11.5 Å². The fourth-order valence-corrected chi connectivity index (χ4v) is 3.29. The molecule has 0 saturated carbocycles. The summed E-state index contributed by atoms with van der Waals surface area (Å²) in [5, 5.41) is 9.02. The Kier molecular flexibility index (Phi) is 8.31. The van der Waals surface area contributed by atoms with E-state index in [1.807, 2.05) is 6.07 Å². The van der Waals surface area contributed by atoms with E-state index in [1.165, 1.54) is 36.4 Å². The van der Waals surface area contributed by atoms with Gasteiger partial charge in [0.2, 0.25) is 5.91 Å². The van der Waals surface area contributed by atoms with Crippen molar-refractivity contribution in [1.82, 2.24) is 4.98 Å². The number of imide groups is 1. The van der Waals surface area contributed by atoms with E-state index in [0.29, 0.717) is 16.8 Å². The molecule has 0 aliphatic heterocycles. The number of carboxylic acids is 1. The molecule has 0 unspecified atom stereocenters. The minimum atomic E-state index is -1.35. The minimum Gasteiger partial charge on any atom is -0.477 e. The van der Waals surface area contributed by atoms with Crippen LogP contribution in [-0.4, -0.2) is 40.0 Å². The first-order valence-electron chi connectivity index (χ1n) is 10.8. The number of anilines is 1. The highest BCUT2D eigenvalue weighted by atomic mass is 16.6. The van der Waals surface area contributed by atoms with Crippen LogP contribution >= 0.6 is 0 Å². The lowest BCUT2D eigenvalue weighted by molar-refractivity contribution is -0.120. The third-order valence-corrected chi connectivity index (χ3v) is 5.20. The van der Waals surface area contributed by atoms with Crippen LogP contribution in [0.15, 0.2) is 71.5 Å². The number of carboxylic acid groups (broad SMARTS) is 1. The maximum absolute atomic E-state index is 13.1. The highest BCUT2D eigenvalue weighted by Gasteiger charge is 2.30. The number of nitrogens with zero attached hydrogens (tertiary/aromatic N) is 1. The SMILES string of the molecule is NC(=O)CC[C@@H](N)C(=O)N(C(=O)OCc1ccccc1)c1ccc(-c2ccc(C(=O)O)c(=O)[nH]2)cc1. The van der Waals surface area contributed by atoms with Crippen LogP contribution in [-0.2, 0) is 20.9 Å². The molecule has 2 aromatic carbocycles. The van der Waals surface area contributed by atoms with Gasteiger partial charge in [0.1, 0.15) is 12.2 Å². The Morgan fingerprint density at radius 3 is 2.22 bits per heavy atom. The molecule has 3 aromatic rings. The number of aromatic nitrogens is 1. The Hall–Kier alpha value is -4.77. The van der Waals surface area contributed by atoms with Crippen molar-refractivity contribution in [3.63, 3.8) is 0 Å². The van der Waals surface area contributed by atoms with Gasteiger partial charge in [0.05, 0.1) is 11.7 Å². The van der Waals surface area contributed by atoms with Gasteiger partial charge in [-0.3, -0.25) is 14.4 Å². The highest BCUT2D eigenvalue weighted by molar-refractivity contribution is 6.14. The van der Waals surface area contributed by atoms with Crippen LogP contribution in [0.2, 0.25) is 0 Å². The summed E-state index contributed by atoms with van der Waals surface area (Å²) in [6.07, 6.45) is -1.17. The Bertz CT molecular complexity index is 1320. The zero-order valence-corrected chi connectivity index (χ0v) is 19.0. The molecule has 1 atom stereocenters. The number of hydrogen-bond acceptors (Lipinski definition) is 7. The van der Waals surface area contributed by atoms with Crippen molar-refractivity contribution in [2.75, 3.05) is 4.90 Å². The highest BCUT2D eigenvalue weighted by Crippen LogP contribution is 2.23. The lowest BCUT2D eigenvalue weighted by Gasteiger charge is -2.23. The summed E-state index contributed by atoms with van der Waals surface area (Å²) in [4.78, 5) is 63.4. The average molecular weight is 492 g/mol. The first-order valence-corrected chi connectivity index (χ1v) is 10.8. The number of rotatable bonds is 9. The summed E-state index contributed by atoms with van der Waals surface area (Å²) in [6, 6.07) is 16.2. The molecule has 0 bridgehead atoms. The average Bonchev–Trinajstić information content (AvgIpc) is 2.86. The van der Waals surface area contributed by atoms with Crippen LogP contribution in [0.25, 0.3) is 11.3 Å². The number of benzene rings is 2. The normalized spacial score (nSPS) is 11.4. The minimum absolute atomic E-state index is 0.0636. The molecule has 0 radical (unpaired) electrons. The van der Waals surface area contributed by atoms with Gasteiger partial charge >= 0.3 is 12.1 Å². The number of aromatic carboxylic acids is 1. The Morgan fingerprint density at radius 1 is 0.972 bits per heavy atom. The van der Waals surface area contributed by atoms with Crippen LogP contribution in [0.3, 0.4) is 0 Å². The third kappa shape index (κ3) is 6.42. The molecule has 186 valence electrons. The number of primary amides is 1. The standard InChI is InChI=1S/C25H24N4O7/c26-19(11-13-21(27)30)23(32)29(25(35)36-14-15-4-2-1-3-5-15)17-8-6-16(7-9-17)20-12-10-18(24(33)34)22(31)28-20/h1-10,12,19H,11,13-14,26H2,(H2,27,30)(H,28,31)(H,33,34)/t19-/m1/s1. The lowest BCUT2D eigenvalue weighted by atomic mass is 10.1. The summed E-state index contributed by atoms with van der Waals surface area (Å²) >= 11 is 0. The number of nitrogens with one attached hydrogen (secondary N) is 1. The molecular formula is C25H24N4O7. The molecule has 0 saturated heterocycles. The summed E-state index contributed by atoms with van der Waals surface area (Å²) in [7, 11) is 0. The summed E-state index contributed by atoms with van der Waals surface area (Å²) in [5.41, 5.74) is 11.6. The summed E-state index contributed by atoms with van der Waals surface area (Å²) in [6.45, 7) is -0.0881. The number of carbonyl (C=O) groups is 4. The van der Waals surface area contributed by atoms with E-state index in [0.717, 1.165) is 4.90 Å². The van der Waals surface area contributed by atoms with Gasteiger partial charge in [-0.15, -0.1) is 0 Å². The zero-order valence-electron chi connectivity index (χ0n) is 19.0. The molecule has 0 aliphatic rings. The molecule has 3 rings (SSSR count). The smallest absolute Gasteiger partial charge is 0.421 e. The summed E-state index contributed by atoms with van der Waals surface area (Å²) in [5.74, 6) is -2.78. The van der Waals surface area contributed by atoms with E-state index < -0.39 is 41.0 Å². The topological polar surface area (TPSA) is 186 Å². The van der Waals surface area contributed by atoms with E-state index in [4.69, 9.17) is 21.3 Å². The molecule has 11 nitrogen and oxygen atoms in total. The van der Waals surface area contributed by atoms with E-state index >= 15 is 0 Å². The van der Waals surface area contributed by atoms with Crippen LogP contribution in [0.4, 0.5) is 10.5 Å². The van der Waals surface area contributed by atoms with Crippen LogP contribution < -0.4 is 21.9 Å². The van der Waals surface area contributed by atoms with Crippen LogP contribution in [0.1, 0.15) is 28.8 Å². The van der Waals surface area contributed by atoms with Gasteiger partial charge in [0.15, 0.2) is 0 Å². The molecule has 11 heteroatoms. The molecule has 0 spiro atoms. The van der Waals surface area contributed by atoms with Crippen molar-refractivity contribution in [2.45, 2.75) is 25.5 Å². The zero-order chi connectivity index (χ0) is 26.2. The van der Waals surface area contributed by atoms with Gasteiger partial charge in [-0.05, 0) is 41.8 Å². The molecular weight excluding hydrogens is 468 g/mol. The van der Waals surface area contributed by atoms with E-state index in [2.05, 4.69) is 4.98 Å². The van der Waals surface area contributed by atoms with Crippen LogP contribution in [0.5, 0.6) is 0 Å². The quantitative estimate of drug-likeness (QED) is 0.349. The fraction of sp³-hybridized carbons (Fsp3) is 0.160. The van der Waals surface area contributed by atoms with Gasteiger partial charge in [0.25, 0.3) is 11.5 Å². The molecule has 1 heterocycles. The summed E-state index contributed by atoms with van der Waals surface area (Å²) < 4.78 is 5.32. The van der Waals surface area contributed by atoms with Crippen molar-refractivity contribution in [3.8, 4) is 11.3 Å². The number of nitrogens with two attached hydrogens (primary N) is 2. The molecule has 0 aliphatic carbocycles. The second kappa shape index (κ2) is 11.6. The van der Waals surface area contributed by atoms with Gasteiger partial charge in [0, 0.05) is 12.1 Å². The second-order valence-corrected chi connectivity index (χ2v) is 7.79. The van der Waals surface area contributed by atoms with Crippen molar-refractivity contribution in [3.05, 3.63) is 88.2 Å². The fourth-order valence-electron chi connectivity index (χ4n) is 3.29. The Balaban J connectivity index is 1.87. The van der Waals surface area contributed by atoms with Crippen LogP contribution in [0, 0.1) is 0 Å².